The SMILES string of the molecule is C/C1=C/C(C)=C/CCCC/C(C)=C\CC1. The number of rotatable bonds is 0. The maximum absolute atomic E-state index is 2.41. The van der Waals surface area contributed by atoms with Gasteiger partial charge in [-0.3, -0.25) is 0 Å². The molecular formula is C15H24. The molecule has 0 aliphatic heterocycles. The molecule has 0 nitrogen and oxygen atoms in total. The minimum atomic E-state index is 1.21. The van der Waals surface area contributed by atoms with Crippen molar-refractivity contribution in [1.29, 1.82) is 0 Å². The first kappa shape index (κ1) is 12.3. The first-order valence-corrected chi connectivity index (χ1v) is 6.18. The molecule has 0 N–H and O–H groups in total. The Morgan fingerprint density at radius 2 is 1.60 bits per heavy atom. The fourth-order valence-electron chi connectivity index (χ4n) is 2.05. The highest BCUT2D eigenvalue weighted by molar-refractivity contribution is 5.21. The zero-order valence-electron chi connectivity index (χ0n) is 10.5. The predicted octanol–water partition coefficient (Wildman–Crippen LogP) is 5.18. The lowest BCUT2D eigenvalue weighted by Crippen LogP contribution is -1.84. The second kappa shape index (κ2) is 6.66. The van der Waals surface area contributed by atoms with Gasteiger partial charge in [0, 0.05) is 0 Å². The van der Waals surface area contributed by atoms with Crippen LogP contribution in [0.4, 0.5) is 0 Å². The Hall–Kier alpha value is -0.780. The first-order chi connectivity index (χ1) is 7.18. The maximum atomic E-state index is 2.41. The third-order valence-electron chi connectivity index (χ3n) is 3.00. The molecule has 0 atom stereocenters. The summed E-state index contributed by atoms with van der Waals surface area (Å²) in [5.41, 5.74) is 4.52. The summed E-state index contributed by atoms with van der Waals surface area (Å²) in [5.74, 6) is 0. The molecule has 84 valence electrons. The lowest BCUT2D eigenvalue weighted by molar-refractivity contribution is 0.736. The molecule has 0 bridgehead atoms. The van der Waals surface area contributed by atoms with Crippen molar-refractivity contribution >= 4 is 0 Å². The predicted molar refractivity (Wildman–Crippen MR) is 69.0 cm³/mol. The van der Waals surface area contributed by atoms with Crippen LogP contribution in [0.2, 0.25) is 0 Å². The lowest BCUT2D eigenvalue weighted by atomic mass is 10.0. The summed E-state index contributed by atoms with van der Waals surface area (Å²) in [4.78, 5) is 0. The Morgan fingerprint density at radius 1 is 0.800 bits per heavy atom. The molecule has 0 amide bonds. The smallest absolute Gasteiger partial charge is 0.0285 e. The molecular weight excluding hydrogens is 180 g/mol. The Morgan fingerprint density at radius 3 is 2.40 bits per heavy atom. The van der Waals surface area contributed by atoms with E-state index in [-0.39, 0.29) is 0 Å². The summed E-state index contributed by atoms with van der Waals surface area (Å²) in [6.45, 7) is 6.73. The zero-order chi connectivity index (χ0) is 11.1. The van der Waals surface area contributed by atoms with E-state index in [1.807, 2.05) is 0 Å². The molecule has 0 heterocycles. The van der Waals surface area contributed by atoms with Crippen LogP contribution in [0.5, 0.6) is 0 Å². The lowest BCUT2D eigenvalue weighted by Gasteiger charge is -2.05. The van der Waals surface area contributed by atoms with Crippen LogP contribution in [0.3, 0.4) is 0 Å². The van der Waals surface area contributed by atoms with Crippen LogP contribution >= 0.6 is 0 Å². The van der Waals surface area contributed by atoms with Gasteiger partial charge in [0.05, 0.1) is 0 Å². The molecule has 0 aromatic rings. The highest BCUT2D eigenvalue weighted by Gasteiger charge is 1.95. The van der Waals surface area contributed by atoms with Gasteiger partial charge in [-0.25, -0.2) is 0 Å². The summed E-state index contributed by atoms with van der Waals surface area (Å²) in [6.07, 6.45) is 14.7. The van der Waals surface area contributed by atoms with Gasteiger partial charge in [-0.05, 0) is 59.3 Å². The van der Waals surface area contributed by atoms with Gasteiger partial charge in [0.1, 0.15) is 0 Å². The number of hydrogen-bond acceptors (Lipinski definition) is 0. The van der Waals surface area contributed by atoms with E-state index in [1.165, 1.54) is 49.7 Å². The summed E-state index contributed by atoms with van der Waals surface area (Å²) in [6, 6.07) is 0. The molecule has 0 spiro atoms. The summed E-state index contributed by atoms with van der Waals surface area (Å²) < 4.78 is 0. The zero-order valence-corrected chi connectivity index (χ0v) is 10.5. The second-order valence-electron chi connectivity index (χ2n) is 4.77. The van der Waals surface area contributed by atoms with Gasteiger partial charge in [0.25, 0.3) is 0 Å². The molecule has 1 rings (SSSR count). The number of hydrogen-bond donors (Lipinski definition) is 0. The van der Waals surface area contributed by atoms with Gasteiger partial charge in [0.15, 0.2) is 0 Å². The maximum Gasteiger partial charge on any atom is -0.0285 e. The van der Waals surface area contributed by atoms with Crippen molar-refractivity contribution in [2.45, 2.75) is 59.3 Å². The fourth-order valence-corrected chi connectivity index (χ4v) is 2.05. The van der Waals surface area contributed by atoms with Crippen LogP contribution in [0.1, 0.15) is 59.3 Å². The van der Waals surface area contributed by atoms with E-state index < -0.39 is 0 Å². The van der Waals surface area contributed by atoms with E-state index in [9.17, 15) is 0 Å². The molecule has 0 unspecified atom stereocenters. The van der Waals surface area contributed by atoms with E-state index in [0.29, 0.717) is 0 Å². The Bertz CT molecular complexity index is 276. The van der Waals surface area contributed by atoms with E-state index in [4.69, 9.17) is 0 Å². The van der Waals surface area contributed by atoms with Crippen molar-refractivity contribution in [2.24, 2.45) is 0 Å². The van der Waals surface area contributed by atoms with Crippen molar-refractivity contribution in [3.63, 3.8) is 0 Å². The molecule has 0 heteroatoms. The van der Waals surface area contributed by atoms with Crippen LogP contribution in [-0.2, 0) is 0 Å². The fraction of sp³-hybridized carbons (Fsp3) is 0.600. The molecule has 1 aliphatic carbocycles. The molecule has 0 saturated carbocycles. The standard InChI is InChI=1S/C15H24/c1-13-8-5-4-6-9-14(2)12-15(3)11-7-10-13/h9-10,12H,4-8,11H2,1-3H3/b13-10-,14-9+,15-12-. The van der Waals surface area contributed by atoms with Crippen LogP contribution in [0.15, 0.2) is 34.9 Å². The monoisotopic (exact) mass is 204 g/mol. The van der Waals surface area contributed by atoms with Crippen LogP contribution in [-0.4, -0.2) is 0 Å². The third-order valence-corrected chi connectivity index (χ3v) is 3.00. The van der Waals surface area contributed by atoms with Gasteiger partial charge in [-0.2, -0.15) is 0 Å². The van der Waals surface area contributed by atoms with Gasteiger partial charge < -0.3 is 0 Å². The second-order valence-corrected chi connectivity index (χ2v) is 4.77. The molecule has 0 saturated heterocycles. The summed E-state index contributed by atoms with van der Waals surface area (Å²) in [5, 5.41) is 0. The largest absolute Gasteiger partial charge is 0.0853 e. The van der Waals surface area contributed by atoms with Crippen LogP contribution in [0.25, 0.3) is 0 Å². The highest BCUT2D eigenvalue weighted by atomic mass is 14.0. The first-order valence-electron chi connectivity index (χ1n) is 6.18. The van der Waals surface area contributed by atoms with Crippen molar-refractivity contribution in [3.05, 3.63) is 34.9 Å². The Labute approximate surface area is 94.8 Å². The highest BCUT2D eigenvalue weighted by Crippen LogP contribution is 2.15. The Balaban J connectivity index is 2.64. The van der Waals surface area contributed by atoms with Crippen molar-refractivity contribution in [3.8, 4) is 0 Å². The average Bonchev–Trinajstić information content (AvgIpc) is 2.15. The minimum Gasteiger partial charge on any atom is -0.0853 e. The average molecular weight is 204 g/mol. The summed E-state index contributed by atoms with van der Waals surface area (Å²) >= 11 is 0. The quantitative estimate of drug-likeness (QED) is 0.477. The topological polar surface area (TPSA) is 0 Å². The van der Waals surface area contributed by atoms with E-state index >= 15 is 0 Å². The van der Waals surface area contributed by atoms with E-state index in [1.54, 1.807) is 5.57 Å². The number of allylic oxidation sites excluding steroid dienone is 6. The third kappa shape index (κ3) is 5.61. The summed E-state index contributed by atoms with van der Waals surface area (Å²) in [7, 11) is 0. The van der Waals surface area contributed by atoms with Gasteiger partial charge in [-0.15, -0.1) is 0 Å². The molecule has 0 radical (unpaired) electrons. The van der Waals surface area contributed by atoms with Crippen molar-refractivity contribution < 1.29 is 0 Å². The van der Waals surface area contributed by atoms with Crippen LogP contribution < -0.4 is 0 Å². The van der Waals surface area contributed by atoms with Gasteiger partial charge in [0.2, 0.25) is 0 Å². The van der Waals surface area contributed by atoms with Gasteiger partial charge >= 0.3 is 0 Å². The van der Waals surface area contributed by atoms with E-state index in [0.717, 1.165) is 0 Å². The molecule has 1 aliphatic rings. The minimum absolute atomic E-state index is 1.21. The van der Waals surface area contributed by atoms with E-state index in [2.05, 4.69) is 39.0 Å². The molecule has 0 fully saturated rings. The molecule has 0 aromatic carbocycles. The van der Waals surface area contributed by atoms with Crippen LogP contribution in [0, 0.1) is 0 Å². The molecule has 0 aromatic heterocycles. The van der Waals surface area contributed by atoms with Crippen molar-refractivity contribution in [2.75, 3.05) is 0 Å². The normalized spacial score (nSPS) is 31.0. The Kier molecular flexibility index (Phi) is 5.45. The van der Waals surface area contributed by atoms with Gasteiger partial charge in [-0.1, -0.05) is 34.9 Å². The van der Waals surface area contributed by atoms with Crippen molar-refractivity contribution in [1.82, 2.24) is 0 Å². The molecule has 15 heavy (non-hydrogen) atoms.